The molecule has 1 unspecified atom stereocenters. The lowest BCUT2D eigenvalue weighted by molar-refractivity contribution is -0.128. The quantitative estimate of drug-likeness (QED) is 0.832. The maximum Gasteiger partial charge on any atom is 0.290 e. The number of nitrogens with one attached hydrogen (secondary N) is 1. The van der Waals surface area contributed by atoms with Crippen molar-refractivity contribution in [3.63, 3.8) is 0 Å². The molecule has 2 saturated carbocycles. The van der Waals surface area contributed by atoms with Crippen molar-refractivity contribution in [3.8, 4) is 0 Å². The number of rotatable bonds is 6. The Hall–Kier alpha value is -2.50. The molecule has 2 fully saturated rings. The predicted octanol–water partition coefficient (Wildman–Crippen LogP) is 4.06. The van der Waals surface area contributed by atoms with Crippen LogP contribution in [0.4, 0.5) is 0 Å². The second-order valence-electron chi connectivity index (χ2n) is 7.54. The summed E-state index contributed by atoms with van der Waals surface area (Å²) in [6, 6.07) is 6.29. The van der Waals surface area contributed by atoms with Crippen LogP contribution in [0.1, 0.15) is 73.7 Å². The number of carbonyl (C=O) groups excluding carboxylic acids is 2. The predicted molar refractivity (Wildman–Crippen MR) is 99.0 cm³/mol. The summed E-state index contributed by atoms with van der Waals surface area (Å²) in [6.07, 6.45) is 11.2. The minimum absolute atomic E-state index is 0.00651. The largest absolute Gasteiger partial charge is 0.467 e. The van der Waals surface area contributed by atoms with Crippen molar-refractivity contribution >= 4 is 11.8 Å². The molecule has 0 spiro atoms. The van der Waals surface area contributed by atoms with Crippen LogP contribution in [-0.4, -0.2) is 28.8 Å². The van der Waals surface area contributed by atoms with E-state index in [0.29, 0.717) is 5.76 Å². The van der Waals surface area contributed by atoms with Crippen LogP contribution in [0.25, 0.3) is 0 Å². The van der Waals surface area contributed by atoms with Gasteiger partial charge in [0.2, 0.25) is 0 Å². The van der Waals surface area contributed by atoms with Gasteiger partial charge in [-0.15, -0.1) is 0 Å². The monoisotopic (exact) mass is 370 g/mol. The first-order valence-corrected chi connectivity index (χ1v) is 9.94. The third kappa shape index (κ3) is 3.80. The Kier molecular flexibility index (Phi) is 5.32. The lowest BCUT2D eigenvalue weighted by Crippen LogP contribution is -2.49. The van der Waals surface area contributed by atoms with Crippen LogP contribution in [0.3, 0.4) is 0 Å². The fourth-order valence-corrected chi connectivity index (χ4v) is 4.39. The molecule has 2 aliphatic carbocycles. The first kappa shape index (κ1) is 17.9. The van der Waals surface area contributed by atoms with Crippen molar-refractivity contribution < 1.29 is 18.4 Å². The highest BCUT2D eigenvalue weighted by Crippen LogP contribution is 2.34. The highest BCUT2D eigenvalue weighted by Gasteiger charge is 2.41. The van der Waals surface area contributed by atoms with E-state index in [1.165, 1.54) is 6.26 Å². The minimum atomic E-state index is -0.777. The molecular formula is C21H26N2O4. The van der Waals surface area contributed by atoms with Crippen LogP contribution in [0, 0.1) is 0 Å². The lowest BCUT2D eigenvalue weighted by Gasteiger charge is -2.34. The van der Waals surface area contributed by atoms with Gasteiger partial charge >= 0.3 is 0 Å². The van der Waals surface area contributed by atoms with Crippen molar-refractivity contribution in [1.82, 2.24) is 10.2 Å². The van der Waals surface area contributed by atoms with E-state index in [0.717, 1.165) is 51.4 Å². The summed E-state index contributed by atoms with van der Waals surface area (Å²) in [5.74, 6) is 0.336. The Balaban J connectivity index is 1.67. The van der Waals surface area contributed by atoms with Gasteiger partial charge in [0, 0.05) is 12.1 Å². The normalized spacial score (nSPS) is 19.3. The average Bonchev–Trinajstić information content (AvgIpc) is 3.47. The molecule has 2 heterocycles. The third-order valence-corrected chi connectivity index (χ3v) is 5.73. The fraction of sp³-hybridized carbons (Fsp3) is 0.524. The summed E-state index contributed by atoms with van der Waals surface area (Å²) >= 11 is 0. The molecule has 1 N–H and O–H groups in total. The topological polar surface area (TPSA) is 75.7 Å². The van der Waals surface area contributed by atoms with Crippen LogP contribution in [0.2, 0.25) is 0 Å². The van der Waals surface area contributed by atoms with Crippen molar-refractivity contribution in [2.45, 2.75) is 69.5 Å². The second-order valence-corrected chi connectivity index (χ2v) is 7.54. The first-order chi connectivity index (χ1) is 13.2. The zero-order valence-electron chi connectivity index (χ0n) is 15.4. The van der Waals surface area contributed by atoms with E-state index in [1.807, 2.05) is 0 Å². The van der Waals surface area contributed by atoms with Crippen molar-refractivity contribution in [2.75, 3.05) is 0 Å². The molecule has 1 atom stereocenters. The molecular weight excluding hydrogens is 344 g/mol. The summed E-state index contributed by atoms with van der Waals surface area (Å²) in [5, 5.41) is 3.15. The van der Waals surface area contributed by atoms with Gasteiger partial charge in [0.25, 0.3) is 11.8 Å². The van der Waals surface area contributed by atoms with Crippen molar-refractivity contribution in [3.05, 3.63) is 48.3 Å². The van der Waals surface area contributed by atoms with Gasteiger partial charge in [-0.1, -0.05) is 25.7 Å². The van der Waals surface area contributed by atoms with E-state index >= 15 is 0 Å². The van der Waals surface area contributed by atoms with Crippen LogP contribution in [0.15, 0.2) is 45.6 Å². The van der Waals surface area contributed by atoms with E-state index in [9.17, 15) is 9.59 Å². The third-order valence-electron chi connectivity index (χ3n) is 5.73. The summed E-state index contributed by atoms with van der Waals surface area (Å²) < 4.78 is 11.0. The highest BCUT2D eigenvalue weighted by molar-refractivity contribution is 5.96. The molecule has 2 aromatic rings. The zero-order valence-corrected chi connectivity index (χ0v) is 15.4. The molecule has 6 heteroatoms. The fourth-order valence-electron chi connectivity index (χ4n) is 4.39. The number of hydrogen-bond acceptors (Lipinski definition) is 4. The molecule has 0 aliphatic heterocycles. The summed E-state index contributed by atoms with van der Waals surface area (Å²) in [6.45, 7) is 0. The molecule has 0 radical (unpaired) electrons. The molecule has 2 amide bonds. The minimum Gasteiger partial charge on any atom is -0.467 e. The summed E-state index contributed by atoms with van der Waals surface area (Å²) in [4.78, 5) is 28.2. The van der Waals surface area contributed by atoms with Gasteiger partial charge in [-0.05, 0) is 49.9 Å². The van der Waals surface area contributed by atoms with E-state index in [2.05, 4.69) is 5.32 Å². The molecule has 0 saturated heterocycles. The number of carbonyl (C=O) groups is 2. The number of amides is 2. The Morgan fingerprint density at radius 3 is 2.26 bits per heavy atom. The number of nitrogens with zero attached hydrogens (tertiary/aromatic N) is 1. The molecule has 144 valence electrons. The number of hydrogen-bond donors (Lipinski definition) is 1. The molecule has 2 aliphatic rings. The molecule has 2 aromatic heterocycles. The maximum absolute atomic E-state index is 13.3. The smallest absolute Gasteiger partial charge is 0.290 e. The van der Waals surface area contributed by atoms with Gasteiger partial charge in [-0.3, -0.25) is 9.59 Å². The molecule has 0 bridgehead atoms. The van der Waals surface area contributed by atoms with E-state index in [-0.39, 0.29) is 29.7 Å². The molecule has 0 aromatic carbocycles. The average molecular weight is 370 g/mol. The Morgan fingerprint density at radius 2 is 1.63 bits per heavy atom. The Morgan fingerprint density at radius 1 is 0.963 bits per heavy atom. The first-order valence-electron chi connectivity index (χ1n) is 9.94. The van der Waals surface area contributed by atoms with Crippen molar-refractivity contribution in [1.29, 1.82) is 0 Å². The van der Waals surface area contributed by atoms with Gasteiger partial charge < -0.3 is 19.1 Å². The van der Waals surface area contributed by atoms with E-state index in [4.69, 9.17) is 8.83 Å². The lowest BCUT2D eigenvalue weighted by atomic mass is 10.1. The van der Waals surface area contributed by atoms with Crippen LogP contribution in [-0.2, 0) is 4.79 Å². The summed E-state index contributed by atoms with van der Waals surface area (Å²) in [5.41, 5.74) is 0. The Labute approximate surface area is 158 Å². The van der Waals surface area contributed by atoms with Crippen LogP contribution < -0.4 is 5.32 Å². The van der Waals surface area contributed by atoms with E-state index in [1.54, 1.807) is 35.4 Å². The van der Waals surface area contributed by atoms with Gasteiger partial charge in [0.05, 0.1) is 12.5 Å². The van der Waals surface area contributed by atoms with Crippen LogP contribution in [0.5, 0.6) is 0 Å². The van der Waals surface area contributed by atoms with Gasteiger partial charge in [0.1, 0.15) is 5.76 Å². The summed E-state index contributed by atoms with van der Waals surface area (Å²) in [7, 11) is 0. The van der Waals surface area contributed by atoms with Gasteiger partial charge in [0.15, 0.2) is 11.8 Å². The van der Waals surface area contributed by atoms with Gasteiger partial charge in [-0.2, -0.15) is 0 Å². The SMILES string of the molecule is O=C(NC1CCCC1)C(c1ccco1)N(C(=O)c1ccco1)C1CCCC1. The van der Waals surface area contributed by atoms with Gasteiger partial charge in [-0.25, -0.2) is 0 Å². The Bertz CT molecular complexity index is 741. The molecule has 6 nitrogen and oxygen atoms in total. The van der Waals surface area contributed by atoms with Crippen molar-refractivity contribution in [2.24, 2.45) is 0 Å². The standard InChI is InChI=1S/C21H26N2O4/c24-20(22-15-7-1-2-8-15)19(17-11-5-13-26-17)23(16-9-3-4-10-16)21(25)18-12-6-14-27-18/h5-6,11-16,19H,1-4,7-10H2,(H,22,24). The highest BCUT2D eigenvalue weighted by atomic mass is 16.3. The van der Waals surface area contributed by atoms with Crippen LogP contribution >= 0.6 is 0 Å². The van der Waals surface area contributed by atoms with E-state index < -0.39 is 6.04 Å². The zero-order chi connectivity index (χ0) is 18.6. The maximum atomic E-state index is 13.3. The molecule has 27 heavy (non-hydrogen) atoms. The molecule has 4 rings (SSSR count). The number of furan rings is 2. The second kappa shape index (κ2) is 8.03.